The molecular formula is C21H27N3O. The van der Waals surface area contributed by atoms with E-state index in [-0.39, 0.29) is 5.91 Å². The van der Waals surface area contributed by atoms with Crippen molar-refractivity contribution in [2.24, 2.45) is 5.73 Å². The van der Waals surface area contributed by atoms with E-state index in [0.29, 0.717) is 6.54 Å². The molecule has 0 saturated carbocycles. The molecule has 0 radical (unpaired) electrons. The van der Waals surface area contributed by atoms with Crippen molar-refractivity contribution in [2.75, 3.05) is 26.2 Å². The maximum Gasteiger partial charge on any atom is 0.219 e. The van der Waals surface area contributed by atoms with Crippen LogP contribution in [-0.2, 0) is 17.9 Å². The van der Waals surface area contributed by atoms with Gasteiger partial charge in [-0.2, -0.15) is 0 Å². The summed E-state index contributed by atoms with van der Waals surface area (Å²) in [6, 6.07) is 15.2. The summed E-state index contributed by atoms with van der Waals surface area (Å²) in [5.74, 6) is 0.178. The lowest BCUT2D eigenvalue weighted by molar-refractivity contribution is -0.130. The summed E-state index contributed by atoms with van der Waals surface area (Å²) < 4.78 is 0. The van der Waals surface area contributed by atoms with E-state index in [0.717, 1.165) is 32.7 Å². The normalized spacial score (nSPS) is 15.4. The van der Waals surface area contributed by atoms with Crippen molar-refractivity contribution in [2.45, 2.75) is 26.9 Å². The number of hydrogen-bond acceptors (Lipinski definition) is 3. The van der Waals surface area contributed by atoms with E-state index >= 15 is 0 Å². The van der Waals surface area contributed by atoms with Gasteiger partial charge in [-0.05, 0) is 46.9 Å². The number of piperazine rings is 1. The molecule has 0 atom stereocenters. The first-order valence-electron chi connectivity index (χ1n) is 8.93. The van der Waals surface area contributed by atoms with Crippen LogP contribution in [-0.4, -0.2) is 41.9 Å². The van der Waals surface area contributed by atoms with Crippen molar-refractivity contribution in [3.63, 3.8) is 0 Å². The molecular weight excluding hydrogens is 310 g/mol. The highest BCUT2D eigenvalue weighted by Crippen LogP contribution is 2.24. The molecule has 1 aliphatic rings. The molecule has 132 valence electrons. The SMILES string of the molecule is CC(=O)N1CCN(Cc2cccc(-c3ccc(C)c(CN)c3)c2)CC1. The van der Waals surface area contributed by atoms with Gasteiger partial charge in [-0.15, -0.1) is 0 Å². The van der Waals surface area contributed by atoms with Gasteiger partial charge in [-0.3, -0.25) is 9.69 Å². The van der Waals surface area contributed by atoms with Gasteiger partial charge in [0.25, 0.3) is 0 Å². The van der Waals surface area contributed by atoms with Crippen LogP contribution in [0.15, 0.2) is 42.5 Å². The molecule has 0 bridgehead atoms. The summed E-state index contributed by atoms with van der Waals surface area (Å²) in [6.45, 7) is 8.77. The number of rotatable bonds is 4. The Balaban J connectivity index is 1.71. The van der Waals surface area contributed by atoms with Gasteiger partial charge in [0.2, 0.25) is 5.91 Å². The summed E-state index contributed by atoms with van der Waals surface area (Å²) >= 11 is 0. The Hall–Kier alpha value is -2.17. The van der Waals surface area contributed by atoms with Crippen LogP contribution >= 0.6 is 0 Å². The minimum Gasteiger partial charge on any atom is -0.340 e. The van der Waals surface area contributed by atoms with E-state index in [4.69, 9.17) is 5.73 Å². The molecule has 0 spiro atoms. The summed E-state index contributed by atoms with van der Waals surface area (Å²) in [7, 11) is 0. The average molecular weight is 337 g/mol. The maximum atomic E-state index is 11.4. The van der Waals surface area contributed by atoms with E-state index in [1.165, 1.54) is 27.8 Å². The topological polar surface area (TPSA) is 49.6 Å². The molecule has 2 aromatic rings. The minimum atomic E-state index is 0.178. The molecule has 2 N–H and O–H groups in total. The van der Waals surface area contributed by atoms with Crippen LogP contribution in [0.25, 0.3) is 11.1 Å². The predicted molar refractivity (Wildman–Crippen MR) is 102 cm³/mol. The number of benzene rings is 2. The monoisotopic (exact) mass is 337 g/mol. The summed E-state index contributed by atoms with van der Waals surface area (Å²) in [5, 5.41) is 0. The zero-order chi connectivity index (χ0) is 17.8. The van der Waals surface area contributed by atoms with Gasteiger partial charge in [0.1, 0.15) is 0 Å². The van der Waals surface area contributed by atoms with Gasteiger partial charge in [-0.1, -0.05) is 30.3 Å². The first-order chi connectivity index (χ1) is 12.1. The quantitative estimate of drug-likeness (QED) is 0.933. The van der Waals surface area contributed by atoms with Crippen molar-refractivity contribution < 1.29 is 4.79 Å². The Morgan fingerprint density at radius 1 is 1.04 bits per heavy atom. The summed E-state index contributed by atoms with van der Waals surface area (Å²) in [5.41, 5.74) is 12.0. The zero-order valence-electron chi connectivity index (χ0n) is 15.2. The molecule has 1 aliphatic heterocycles. The first kappa shape index (κ1) is 17.6. The van der Waals surface area contributed by atoms with Crippen molar-refractivity contribution in [3.8, 4) is 11.1 Å². The molecule has 0 aromatic heterocycles. The van der Waals surface area contributed by atoms with E-state index in [1.54, 1.807) is 6.92 Å². The largest absolute Gasteiger partial charge is 0.340 e. The first-order valence-corrected chi connectivity index (χ1v) is 8.93. The Morgan fingerprint density at radius 2 is 1.76 bits per heavy atom. The van der Waals surface area contributed by atoms with Crippen LogP contribution in [0.5, 0.6) is 0 Å². The predicted octanol–water partition coefficient (Wildman–Crippen LogP) is 2.78. The van der Waals surface area contributed by atoms with Gasteiger partial charge in [0.15, 0.2) is 0 Å². The standard InChI is InChI=1S/C21H27N3O/c1-16-6-7-20(13-21(16)14-22)19-5-3-4-18(12-19)15-23-8-10-24(11-9-23)17(2)25/h3-7,12-13H,8-11,14-15,22H2,1-2H3. The Bertz CT molecular complexity index is 749. The fourth-order valence-electron chi connectivity index (χ4n) is 3.40. The van der Waals surface area contributed by atoms with Crippen LogP contribution in [0.1, 0.15) is 23.6 Å². The van der Waals surface area contributed by atoms with Crippen molar-refractivity contribution in [1.29, 1.82) is 0 Å². The van der Waals surface area contributed by atoms with Crippen LogP contribution in [0.2, 0.25) is 0 Å². The van der Waals surface area contributed by atoms with Gasteiger partial charge in [0.05, 0.1) is 0 Å². The lowest BCUT2D eigenvalue weighted by Crippen LogP contribution is -2.47. The molecule has 1 amide bonds. The van der Waals surface area contributed by atoms with E-state index in [9.17, 15) is 4.79 Å². The number of nitrogens with two attached hydrogens (primary N) is 1. The molecule has 1 fully saturated rings. The summed E-state index contributed by atoms with van der Waals surface area (Å²) in [4.78, 5) is 15.8. The number of hydrogen-bond donors (Lipinski definition) is 1. The number of carbonyl (C=O) groups excluding carboxylic acids is 1. The average Bonchev–Trinajstić information content (AvgIpc) is 2.63. The third-order valence-corrected chi connectivity index (χ3v) is 5.05. The summed E-state index contributed by atoms with van der Waals surface area (Å²) in [6.07, 6.45) is 0. The fraction of sp³-hybridized carbons (Fsp3) is 0.381. The molecule has 25 heavy (non-hydrogen) atoms. The molecule has 4 heteroatoms. The van der Waals surface area contributed by atoms with Crippen molar-refractivity contribution in [3.05, 3.63) is 59.2 Å². The molecule has 4 nitrogen and oxygen atoms in total. The zero-order valence-corrected chi connectivity index (χ0v) is 15.2. The van der Waals surface area contributed by atoms with E-state index < -0.39 is 0 Å². The highest BCUT2D eigenvalue weighted by Gasteiger charge is 2.18. The Morgan fingerprint density at radius 3 is 2.44 bits per heavy atom. The lowest BCUT2D eigenvalue weighted by Gasteiger charge is -2.34. The Kier molecular flexibility index (Phi) is 5.51. The van der Waals surface area contributed by atoms with Crippen LogP contribution < -0.4 is 5.73 Å². The molecule has 0 aliphatic carbocycles. The third-order valence-electron chi connectivity index (χ3n) is 5.05. The van der Waals surface area contributed by atoms with Gasteiger partial charge in [-0.25, -0.2) is 0 Å². The second-order valence-corrected chi connectivity index (χ2v) is 6.83. The maximum absolute atomic E-state index is 11.4. The van der Waals surface area contributed by atoms with Crippen molar-refractivity contribution in [1.82, 2.24) is 9.80 Å². The molecule has 0 unspecified atom stereocenters. The second kappa shape index (κ2) is 7.81. The molecule has 1 saturated heterocycles. The number of amides is 1. The minimum absolute atomic E-state index is 0.178. The molecule has 3 rings (SSSR count). The van der Waals surface area contributed by atoms with E-state index in [2.05, 4.69) is 54.3 Å². The third kappa shape index (κ3) is 4.27. The van der Waals surface area contributed by atoms with Crippen molar-refractivity contribution >= 4 is 5.91 Å². The molecule has 2 aromatic carbocycles. The lowest BCUT2D eigenvalue weighted by atomic mass is 9.98. The van der Waals surface area contributed by atoms with Gasteiger partial charge < -0.3 is 10.6 Å². The van der Waals surface area contributed by atoms with E-state index in [1.807, 2.05) is 4.90 Å². The smallest absolute Gasteiger partial charge is 0.219 e. The van der Waals surface area contributed by atoms with Gasteiger partial charge in [0, 0.05) is 46.2 Å². The second-order valence-electron chi connectivity index (χ2n) is 6.83. The highest BCUT2D eigenvalue weighted by molar-refractivity contribution is 5.73. The van der Waals surface area contributed by atoms with Crippen LogP contribution in [0, 0.1) is 6.92 Å². The number of nitrogens with zero attached hydrogens (tertiary/aromatic N) is 2. The highest BCUT2D eigenvalue weighted by atomic mass is 16.2. The fourth-order valence-corrected chi connectivity index (χ4v) is 3.40. The van der Waals surface area contributed by atoms with Crippen LogP contribution in [0.3, 0.4) is 0 Å². The Labute approximate surface area is 150 Å². The van der Waals surface area contributed by atoms with Gasteiger partial charge >= 0.3 is 0 Å². The molecule has 1 heterocycles. The number of carbonyl (C=O) groups is 1. The van der Waals surface area contributed by atoms with Crippen LogP contribution in [0.4, 0.5) is 0 Å². The number of aryl methyl sites for hydroxylation is 1.